The Labute approximate surface area is 171 Å². The van der Waals surface area contributed by atoms with Gasteiger partial charge >= 0.3 is 0 Å². The molecule has 0 unspecified atom stereocenters. The molecule has 0 aliphatic heterocycles. The quantitative estimate of drug-likeness (QED) is 0.398. The molecule has 2 N–H and O–H groups in total. The van der Waals surface area contributed by atoms with Crippen molar-refractivity contribution in [1.29, 1.82) is 0 Å². The van der Waals surface area contributed by atoms with E-state index in [1.165, 1.54) is 23.5 Å². The molecule has 0 aromatic carbocycles. The van der Waals surface area contributed by atoms with Crippen LogP contribution < -0.4 is 10.6 Å². The molecule has 0 spiro atoms. The zero-order chi connectivity index (χ0) is 19.9. The van der Waals surface area contributed by atoms with Gasteiger partial charge in [-0.2, -0.15) is 5.10 Å². The predicted octanol–water partition coefficient (Wildman–Crippen LogP) is 2.07. The summed E-state index contributed by atoms with van der Waals surface area (Å²) in [5, 5.41) is 12.8. The Morgan fingerprint density at radius 3 is 2.71 bits per heavy atom. The second kappa shape index (κ2) is 9.69. The van der Waals surface area contributed by atoms with Crippen molar-refractivity contribution in [3.63, 3.8) is 0 Å². The third kappa shape index (κ3) is 5.32. The van der Waals surface area contributed by atoms with E-state index >= 15 is 0 Å². The molecule has 28 heavy (non-hydrogen) atoms. The molecule has 148 valence electrons. The maximum Gasteiger partial charge on any atom is 0.230 e. The fraction of sp³-hybridized carbons (Fsp3) is 0.412. The van der Waals surface area contributed by atoms with Crippen LogP contribution in [0.1, 0.15) is 13.8 Å². The van der Waals surface area contributed by atoms with Crippen LogP contribution in [0.15, 0.2) is 35.0 Å². The smallest absolute Gasteiger partial charge is 0.230 e. The highest BCUT2D eigenvalue weighted by Gasteiger charge is 2.13. The zero-order valence-corrected chi connectivity index (χ0v) is 17.5. The molecule has 0 saturated carbocycles. The molecule has 0 atom stereocenters. The first-order valence-electron chi connectivity index (χ1n) is 8.77. The normalized spacial score (nSPS) is 11.1. The van der Waals surface area contributed by atoms with Crippen LogP contribution in [0.5, 0.6) is 0 Å². The molecule has 0 bridgehead atoms. The molecule has 9 nitrogen and oxygen atoms in total. The van der Waals surface area contributed by atoms with Crippen LogP contribution in [0.25, 0.3) is 11.0 Å². The van der Waals surface area contributed by atoms with Crippen molar-refractivity contribution in [2.45, 2.75) is 36.7 Å². The third-order valence-corrected chi connectivity index (χ3v) is 5.03. The van der Waals surface area contributed by atoms with Gasteiger partial charge in [0.05, 0.1) is 23.9 Å². The van der Waals surface area contributed by atoms with Crippen LogP contribution in [0.3, 0.4) is 0 Å². The molecule has 3 aromatic heterocycles. The van der Waals surface area contributed by atoms with Gasteiger partial charge in [-0.3, -0.25) is 4.79 Å². The zero-order valence-electron chi connectivity index (χ0n) is 15.9. The number of anilines is 1. The first kappa shape index (κ1) is 20.3. The van der Waals surface area contributed by atoms with Gasteiger partial charge in [0.25, 0.3) is 0 Å². The summed E-state index contributed by atoms with van der Waals surface area (Å²) in [6, 6.07) is 1.99. The van der Waals surface area contributed by atoms with Crippen LogP contribution in [0.2, 0.25) is 0 Å². The summed E-state index contributed by atoms with van der Waals surface area (Å²) in [5.41, 5.74) is 0.754. The fourth-order valence-corrected chi connectivity index (χ4v) is 3.41. The molecule has 0 aliphatic carbocycles. The van der Waals surface area contributed by atoms with E-state index in [1.54, 1.807) is 29.3 Å². The lowest BCUT2D eigenvalue weighted by molar-refractivity contribution is -0.118. The standard InChI is InChI=1S/C17H22N8OS2/c1-11(2)22-14-12-9-21-25(15(12)24-17(23-14)27-3)8-7-18-13(26)10-28-16-19-5-4-6-20-16/h4-6,9,11H,7-8,10H2,1-3H3,(H,18,26)(H,22,23,24). The monoisotopic (exact) mass is 418 g/mol. The van der Waals surface area contributed by atoms with Crippen LogP contribution in [-0.2, 0) is 11.3 Å². The number of amides is 1. The van der Waals surface area contributed by atoms with Crippen molar-refractivity contribution in [1.82, 2.24) is 35.0 Å². The molecule has 3 heterocycles. The molecule has 3 aromatic rings. The first-order valence-corrected chi connectivity index (χ1v) is 11.0. The van der Waals surface area contributed by atoms with E-state index in [-0.39, 0.29) is 17.7 Å². The Balaban J connectivity index is 1.60. The van der Waals surface area contributed by atoms with E-state index < -0.39 is 0 Å². The summed E-state index contributed by atoms with van der Waals surface area (Å²) in [4.78, 5) is 29.3. The summed E-state index contributed by atoms with van der Waals surface area (Å²) < 4.78 is 1.79. The average molecular weight is 419 g/mol. The summed E-state index contributed by atoms with van der Waals surface area (Å²) in [6.45, 7) is 5.10. The number of nitrogens with one attached hydrogen (secondary N) is 2. The van der Waals surface area contributed by atoms with E-state index in [1.807, 2.05) is 6.26 Å². The Kier molecular flexibility index (Phi) is 7.04. The van der Waals surface area contributed by atoms with E-state index in [4.69, 9.17) is 0 Å². The Morgan fingerprint density at radius 2 is 2.00 bits per heavy atom. The van der Waals surface area contributed by atoms with Crippen molar-refractivity contribution in [3.8, 4) is 0 Å². The predicted molar refractivity (Wildman–Crippen MR) is 112 cm³/mol. The van der Waals surface area contributed by atoms with E-state index in [0.29, 0.717) is 23.4 Å². The van der Waals surface area contributed by atoms with Crippen molar-refractivity contribution < 1.29 is 4.79 Å². The maximum absolute atomic E-state index is 12.0. The van der Waals surface area contributed by atoms with E-state index in [9.17, 15) is 4.79 Å². The second-order valence-electron chi connectivity index (χ2n) is 6.13. The van der Waals surface area contributed by atoms with Gasteiger partial charge in [-0.25, -0.2) is 24.6 Å². The number of rotatable bonds is 9. The number of carbonyl (C=O) groups is 1. The van der Waals surface area contributed by atoms with Crippen molar-refractivity contribution >= 4 is 46.3 Å². The average Bonchev–Trinajstić information content (AvgIpc) is 3.10. The lowest BCUT2D eigenvalue weighted by Gasteiger charge is -2.11. The van der Waals surface area contributed by atoms with Gasteiger partial charge in [-0.05, 0) is 26.2 Å². The highest BCUT2D eigenvalue weighted by molar-refractivity contribution is 7.99. The minimum absolute atomic E-state index is 0.0736. The largest absolute Gasteiger partial charge is 0.367 e. The molecular weight excluding hydrogens is 396 g/mol. The summed E-state index contributed by atoms with van der Waals surface area (Å²) in [6.07, 6.45) is 7.01. The SMILES string of the molecule is CSc1nc(NC(C)C)c2cnn(CCNC(=O)CSc3ncccn3)c2n1. The minimum Gasteiger partial charge on any atom is -0.367 e. The topological polar surface area (TPSA) is 111 Å². The number of carbonyl (C=O) groups excluding carboxylic acids is 1. The highest BCUT2D eigenvalue weighted by Crippen LogP contribution is 2.23. The van der Waals surface area contributed by atoms with Crippen molar-refractivity contribution in [3.05, 3.63) is 24.7 Å². The molecule has 11 heteroatoms. The van der Waals surface area contributed by atoms with Crippen LogP contribution >= 0.6 is 23.5 Å². The van der Waals surface area contributed by atoms with Gasteiger partial charge in [0.2, 0.25) is 5.91 Å². The van der Waals surface area contributed by atoms with E-state index in [0.717, 1.165) is 16.9 Å². The van der Waals surface area contributed by atoms with Gasteiger partial charge in [-0.15, -0.1) is 0 Å². The van der Waals surface area contributed by atoms with Gasteiger partial charge in [0, 0.05) is 25.0 Å². The van der Waals surface area contributed by atoms with Crippen LogP contribution in [0, 0.1) is 0 Å². The Morgan fingerprint density at radius 1 is 1.21 bits per heavy atom. The number of hydrogen-bond acceptors (Lipinski definition) is 9. The van der Waals surface area contributed by atoms with Gasteiger partial charge in [0.15, 0.2) is 16.0 Å². The van der Waals surface area contributed by atoms with Gasteiger partial charge in [-0.1, -0.05) is 23.5 Å². The molecule has 0 radical (unpaired) electrons. The maximum atomic E-state index is 12.0. The number of hydrogen-bond donors (Lipinski definition) is 2. The molecule has 0 aliphatic rings. The van der Waals surface area contributed by atoms with Crippen LogP contribution in [-0.4, -0.2) is 60.2 Å². The Bertz CT molecular complexity index is 932. The number of aromatic nitrogens is 6. The molecule has 1 amide bonds. The number of thioether (sulfide) groups is 2. The minimum atomic E-state index is -0.0736. The van der Waals surface area contributed by atoms with Crippen molar-refractivity contribution in [2.75, 3.05) is 23.9 Å². The highest BCUT2D eigenvalue weighted by atomic mass is 32.2. The first-order chi connectivity index (χ1) is 13.6. The van der Waals surface area contributed by atoms with Crippen LogP contribution in [0.4, 0.5) is 5.82 Å². The van der Waals surface area contributed by atoms with E-state index in [2.05, 4.69) is 49.5 Å². The lowest BCUT2D eigenvalue weighted by atomic mass is 10.3. The summed E-state index contributed by atoms with van der Waals surface area (Å²) in [7, 11) is 0. The number of fused-ring (bicyclic) bond motifs is 1. The molecule has 0 fully saturated rings. The fourth-order valence-electron chi connectivity index (χ4n) is 2.42. The molecule has 3 rings (SSSR count). The molecular formula is C17H22N8OS2. The molecule has 0 saturated heterocycles. The van der Waals surface area contributed by atoms with Gasteiger partial charge < -0.3 is 10.6 Å². The van der Waals surface area contributed by atoms with Gasteiger partial charge in [0.1, 0.15) is 5.82 Å². The summed E-state index contributed by atoms with van der Waals surface area (Å²) in [5.74, 6) is 0.972. The lowest BCUT2D eigenvalue weighted by Crippen LogP contribution is -2.29. The second-order valence-corrected chi connectivity index (χ2v) is 7.85. The summed E-state index contributed by atoms with van der Waals surface area (Å²) >= 11 is 2.79. The van der Waals surface area contributed by atoms with Crippen molar-refractivity contribution in [2.24, 2.45) is 0 Å². The number of nitrogens with zero attached hydrogens (tertiary/aromatic N) is 6. The third-order valence-electron chi connectivity index (χ3n) is 3.60. The Hall–Kier alpha value is -2.40.